The van der Waals surface area contributed by atoms with Gasteiger partial charge in [-0.05, 0) is 35.9 Å². The first-order valence-electron chi connectivity index (χ1n) is 8.95. The van der Waals surface area contributed by atoms with Gasteiger partial charge in [0.15, 0.2) is 6.10 Å². The highest BCUT2D eigenvalue weighted by atomic mass is 35.5. The Hall–Kier alpha value is -1.51. The molecule has 1 saturated heterocycles. The van der Waals surface area contributed by atoms with Crippen LogP contribution in [0.5, 0.6) is 5.75 Å². The maximum atomic E-state index is 13.0. The van der Waals surface area contributed by atoms with Crippen molar-refractivity contribution in [3.8, 4) is 5.75 Å². The number of hydrogen-bond donors (Lipinski definition) is 0. The van der Waals surface area contributed by atoms with Crippen LogP contribution in [0.2, 0.25) is 15.1 Å². The first-order valence-corrected chi connectivity index (χ1v) is 11.5. The molecule has 2 aliphatic rings. The maximum absolute atomic E-state index is 13.0. The highest BCUT2D eigenvalue weighted by Crippen LogP contribution is 2.33. The number of nitrogens with zero attached hydrogens (tertiary/aromatic N) is 2. The van der Waals surface area contributed by atoms with Crippen molar-refractivity contribution < 1.29 is 17.9 Å². The normalized spacial score (nSPS) is 19.7. The van der Waals surface area contributed by atoms with Gasteiger partial charge in [-0.3, -0.25) is 4.79 Å². The van der Waals surface area contributed by atoms with Crippen LogP contribution in [0.25, 0.3) is 0 Å². The summed E-state index contributed by atoms with van der Waals surface area (Å²) in [6, 6.07) is 9.83. The van der Waals surface area contributed by atoms with Crippen molar-refractivity contribution in [1.82, 2.24) is 9.21 Å². The van der Waals surface area contributed by atoms with Crippen molar-refractivity contribution in [2.24, 2.45) is 0 Å². The first-order chi connectivity index (χ1) is 13.8. The Morgan fingerprint density at radius 2 is 1.66 bits per heavy atom. The van der Waals surface area contributed by atoms with Gasteiger partial charge in [0, 0.05) is 37.6 Å². The highest BCUT2D eigenvalue weighted by Gasteiger charge is 2.37. The minimum absolute atomic E-state index is 0.0757. The standard InChI is InChI=1S/C19H17Cl3N2O4S/c20-13-4-5-16-12(10-13)11-17(28-16)19(25)23-6-8-24(9-7-23)29(26,27)18-14(21)2-1-3-15(18)22/h1-5,10,17H,6-9,11H2. The molecule has 1 fully saturated rings. The molecule has 29 heavy (non-hydrogen) atoms. The van der Waals surface area contributed by atoms with Gasteiger partial charge in [-0.1, -0.05) is 40.9 Å². The van der Waals surface area contributed by atoms with E-state index in [0.717, 1.165) is 5.56 Å². The summed E-state index contributed by atoms with van der Waals surface area (Å²) in [5, 5.41) is 0.746. The zero-order valence-corrected chi connectivity index (χ0v) is 18.2. The quantitative estimate of drug-likeness (QED) is 0.682. The molecule has 10 heteroatoms. The number of carbonyl (C=O) groups is 1. The van der Waals surface area contributed by atoms with Crippen LogP contribution in [0.4, 0.5) is 0 Å². The second-order valence-electron chi connectivity index (χ2n) is 6.84. The van der Waals surface area contributed by atoms with Gasteiger partial charge in [0.1, 0.15) is 10.6 Å². The van der Waals surface area contributed by atoms with Crippen LogP contribution < -0.4 is 4.74 Å². The first kappa shape index (κ1) is 20.8. The van der Waals surface area contributed by atoms with Crippen LogP contribution in [0.1, 0.15) is 5.56 Å². The Balaban J connectivity index is 1.43. The van der Waals surface area contributed by atoms with Crippen molar-refractivity contribution in [2.75, 3.05) is 26.2 Å². The molecule has 2 aliphatic heterocycles. The number of amides is 1. The van der Waals surface area contributed by atoms with E-state index in [1.54, 1.807) is 29.2 Å². The second-order valence-corrected chi connectivity index (χ2v) is 9.97. The summed E-state index contributed by atoms with van der Waals surface area (Å²) in [6.45, 7) is 0.830. The number of carbonyl (C=O) groups excluding carboxylic acids is 1. The Morgan fingerprint density at radius 3 is 2.31 bits per heavy atom. The number of benzene rings is 2. The fourth-order valence-corrected chi connectivity index (χ4v) is 6.27. The van der Waals surface area contributed by atoms with Gasteiger partial charge in [-0.25, -0.2) is 8.42 Å². The van der Waals surface area contributed by atoms with E-state index in [4.69, 9.17) is 39.5 Å². The van der Waals surface area contributed by atoms with Crippen LogP contribution in [0, 0.1) is 0 Å². The van der Waals surface area contributed by atoms with Crippen LogP contribution in [0.3, 0.4) is 0 Å². The summed E-state index contributed by atoms with van der Waals surface area (Å²) in [6.07, 6.45) is -0.174. The summed E-state index contributed by atoms with van der Waals surface area (Å²) in [7, 11) is -3.85. The van der Waals surface area contributed by atoms with Crippen LogP contribution in [-0.2, 0) is 21.2 Å². The third-order valence-corrected chi connectivity index (χ3v) is 8.13. The van der Waals surface area contributed by atoms with Crippen molar-refractivity contribution in [1.29, 1.82) is 0 Å². The molecule has 2 aromatic carbocycles. The molecule has 1 amide bonds. The molecule has 4 rings (SSSR count). The summed E-state index contributed by atoms with van der Waals surface area (Å²) in [5.41, 5.74) is 0.894. The van der Waals surface area contributed by atoms with Gasteiger partial charge >= 0.3 is 0 Å². The molecule has 1 unspecified atom stereocenters. The minimum Gasteiger partial charge on any atom is -0.480 e. The molecule has 0 N–H and O–H groups in total. The Bertz CT molecular complexity index is 1050. The zero-order valence-electron chi connectivity index (χ0n) is 15.1. The van der Waals surface area contributed by atoms with Gasteiger partial charge in [-0.15, -0.1) is 0 Å². The van der Waals surface area contributed by atoms with Gasteiger partial charge in [0.2, 0.25) is 10.0 Å². The van der Waals surface area contributed by atoms with E-state index in [0.29, 0.717) is 17.2 Å². The zero-order chi connectivity index (χ0) is 20.8. The summed E-state index contributed by atoms with van der Waals surface area (Å²) >= 11 is 18.1. The molecule has 6 nitrogen and oxygen atoms in total. The Kier molecular flexibility index (Phi) is 5.70. The smallest absolute Gasteiger partial charge is 0.264 e. The molecule has 0 saturated carbocycles. The Morgan fingerprint density at radius 1 is 1.00 bits per heavy atom. The molecule has 2 aromatic rings. The van der Waals surface area contributed by atoms with E-state index >= 15 is 0 Å². The highest BCUT2D eigenvalue weighted by molar-refractivity contribution is 7.89. The summed E-state index contributed by atoms with van der Waals surface area (Å²) < 4.78 is 33.0. The van der Waals surface area contributed by atoms with Crippen LogP contribution >= 0.6 is 34.8 Å². The van der Waals surface area contributed by atoms with E-state index in [1.165, 1.54) is 16.4 Å². The molecule has 0 spiro atoms. The minimum atomic E-state index is -3.85. The number of ether oxygens (including phenoxy) is 1. The van der Waals surface area contributed by atoms with Gasteiger partial charge in [0.25, 0.3) is 5.91 Å². The number of fused-ring (bicyclic) bond motifs is 1. The number of halogens is 3. The molecular formula is C19H17Cl3N2O4S. The Labute approximate surface area is 183 Å². The van der Waals surface area contributed by atoms with E-state index in [2.05, 4.69) is 0 Å². The summed E-state index contributed by atoms with van der Waals surface area (Å²) in [4.78, 5) is 14.4. The topological polar surface area (TPSA) is 66.9 Å². The number of rotatable bonds is 3. The number of sulfonamides is 1. The lowest BCUT2D eigenvalue weighted by molar-refractivity contribution is -0.139. The third kappa shape index (κ3) is 3.94. The summed E-state index contributed by atoms with van der Waals surface area (Å²) in [5.74, 6) is 0.493. The number of piperazine rings is 1. The molecule has 154 valence electrons. The predicted octanol–water partition coefficient (Wildman–Crippen LogP) is 3.48. The van der Waals surface area contributed by atoms with Crippen LogP contribution in [-0.4, -0.2) is 55.8 Å². The van der Waals surface area contributed by atoms with E-state index in [-0.39, 0.29) is 47.0 Å². The van der Waals surface area contributed by atoms with Crippen LogP contribution in [0.15, 0.2) is 41.3 Å². The van der Waals surface area contributed by atoms with E-state index in [9.17, 15) is 13.2 Å². The molecule has 0 aromatic heterocycles. The third-order valence-electron chi connectivity index (χ3n) is 5.04. The van der Waals surface area contributed by atoms with Crippen molar-refractivity contribution in [2.45, 2.75) is 17.4 Å². The average Bonchev–Trinajstić information content (AvgIpc) is 3.10. The fraction of sp³-hybridized carbons (Fsp3) is 0.316. The molecule has 2 heterocycles. The molecular weight excluding hydrogens is 459 g/mol. The maximum Gasteiger partial charge on any atom is 0.264 e. The SMILES string of the molecule is O=C(C1Cc2cc(Cl)ccc2O1)N1CCN(S(=O)(=O)c2c(Cl)cccc2Cl)CC1. The molecule has 0 aliphatic carbocycles. The molecule has 0 radical (unpaired) electrons. The lowest BCUT2D eigenvalue weighted by atomic mass is 10.1. The second kappa shape index (κ2) is 7.96. The van der Waals surface area contributed by atoms with Gasteiger partial charge in [0.05, 0.1) is 10.0 Å². The fourth-order valence-electron chi connectivity index (χ4n) is 3.57. The number of hydrogen-bond acceptors (Lipinski definition) is 4. The van der Waals surface area contributed by atoms with Crippen molar-refractivity contribution in [3.05, 3.63) is 57.0 Å². The van der Waals surface area contributed by atoms with Gasteiger partial charge < -0.3 is 9.64 Å². The van der Waals surface area contributed by atoms with E-state index < -0.39 is 16.1 Å². The van der Waals surface area contributed by atoms with Crippen molar-refractivity contribution >= 4 is 50.7 Å². The largest absolute Gasteiger partial charge is 0.480 e. The van der Waals surface area contributed by atoms with Crippen molar-refractivity contribution in [3.63, 3.8) is 0 Å². The lowest BCUT2D eigenvalue weighted by Crippen LogP contribution is -2.53. The monoisotopic (exact) mass is 474 g/mol. The average molecular weight is 476 g/mol. The predicted molar refractivity (Wildman–Crippen MR) is 111 cm³/mol. The lowest BCUT2D eigenvalue weighted by Gasteiger charge is -2.35. The van der Waals surface area contributed by atoms with Gasteiger partial charge in [-0.2, -0.15) is 4.31 Å². The molecule has 0 bridgehead atoms. The van der Waals surface area contributed by atoms with E-state index in [1.807, 2.05) is 0 Å². The molecule has 1 atom stereocenters.